The lowest BCUT2D eigenvalue weighted by Crippen LogP contribution is -2.35. The average Bonchev–Trinajstić information content (AvgIpc) is 2.39. The first kappa shape index (κ1) is 18.7. The van der Waals surface area contributed by atoms with Crippen molar-refractivity contribution in [2.75, 3.05) is 13.6 Å². The molecule has 0 aliphatic carbocycles. The van der Waals surface area contributed by atoms with Gasteiger partial charge in [0.2, 0.25) is 10.0 Å². The molecule has 0 amide bonds. The molecule has 1 unspecified atom stereocenters. The monoisotopic (exact) mass is 352 g/mol. The second-order valence-corrected chi connectivity index (χ2v) is 8.41. The number of sulfonamides is 1. The Balaban J connectivity index is 2.69. The highest BCUT2D eigenvalue weighted by molar-refractivity contribution is 7.88. The molecule has 7 heteroatoms. The predicted octanol–water partition coefficient (Wildman–Crippen LogP) is 3.13. The smallest absolute Gasteiger partial charge is 0.218 e. The molecule has 2 N–H and O–H groups in total. The van der Waals surface area contributed by atoms with E-state index in [-0.39, 0.29) is 11.8 Å². The SMILES string of the molecule is CC(C)C(N)CCN(C)S(=O)(=O)Cc1ccc(Cl)c(Cl)c1. The summed E-state index contributed by atoms with van der Waals surface area (Å²) in [6.07, 6.45) is 0.634. The number of hydrogen-bond donors (Lipinski definition) is 1. The van der Waals surface area contributed by atoms with Crippen LogP contribution in [-0.2, 0) is 15.8 Å². The first-order valence-electron chi connectivity index (χ1n) is 6.77. The molecule has 0 aliphatic rings. The highest BCUT2D eigenvalue weighted by atomic mass is 35.5. The summed E-state index contributed by atoms with van der Waals surface area (Å²) in [6, 6.07) is 4.84. The maximum Gasteiger partial charge on any atom is 0.218 e. The van der Waals surface area contributed by atoms with Crippen LogP contribution in [0.5, 0.6) is 0 Å². The third-order valence-corrected chi connectivity index (χ3v) is 6.01. The zero-order valence-electron chi connectivity index (χ0n) is 12.5. The first-order valence-corrected chi connectivity index (χ1v) is 9.13. The topological polar surface area (TPSA) is 63.4 Å². The van der Waals surface area contributed by atoms with Crippen LogP contribution in [0.4, 0.5) is 0 Å². The minimum absolute atomic E-state index is 0.00683. The number of rotatable bonds is 7. The van der Waals surface area contributed by atoms with E-state index < -0.39 is 10.0 Å². The molecule has 1 aromatic carbocycles. The quantitative estimate of drug-likeness (QED) is 0.819. The van der Waals surface area contributed by atoms with E-state index in [9.17, 15) is 8.42 Å². The van der Waals surface area contributed by atoms with Crippen molar-refractivity contribution >= 4 is 33.2 Å². The van der Waals surface area contributed by atoms with Crippen LogP contribution in [0, 0.1) is 5.92 Å². The van der Waals surface area contributed by atoms with E-state index in [1.807, 2.05) is 13.8 Å². The van der Waals surface area contributed by atoms with Crippen LogP contribution in [-0.4, -0.2) is 32.4 Å². The second-order valence-electron chi connectivity index (χ2n) is 5.52. The molecule has 0 aliphatic heterocycles. The van der Waals surface area contributed by atoms with Crippen molar-refractivity contribution in [1.29, 1.82) is 0 Å². The number of hydrogen-bond acceptors (Lipinski definition) is 3. The molecular formula is C14H22Cl2N2O2S. The molecule has 0 bridgehead atoms. The van der Waals surface area contributed by atoms with Crippen molar-refractivity contribution < 1.29 is 8.42 Å². The van der Waals surface area contributed by atoms with Gasteiger partial charge in [0.25, 0.3) is 0 Å². The number of nitrogens with zero attached hydrogens (tertiary/aromatic N) is 1. The van der Waals surface area contributed by atoms with Gasteiger partial charge in [0, 0.05) is 19.6 Å². The zero-order chi connectivity index (χ0) is 16.2. The fourth-order valence-corrected chi connectivity index (χ4v) is 3.28. The van der Waals surface area contributed by atoms with Crippen LogP contribution >= 0.6 is 23.2 Å². The summed E-state index contributed by atoms with van der Waals surface area (Å²) < 4.78 is 25.9. The van der Waals surface area contributed by atoms with Crippen LogP contribution in [0.3, 0.4) is 0 Å². The van der Waals surface area contributed by atoms with Crippen molar-refractivity contribution in [2.45, 2.75) is 32.1 Å². The third kappa shape index (κ3) is 5.75. The van der Waals surface area contributed by atoms with Gasteiger partial charge in [0.05, 0.1) is 15.8 Å². The van der Waals surface area contributed by atoms with Gasteiger partial charge in [-0.25, -0.2) is 12.7 Å². The van der Waals surface area contributed by atoms with Crippen molar-refractivity contribution in [3.8, 4) is 0 Å². The summed E-state index contributed by atoms with van der Waals surface area (Å²) in [4.78, 5) is 0. The van der Waals surface area contributed by atoms with Crippen molar-refractivity contribution in [3.63, 3.8) is 0 Å². The van der Waals surface area contributed by atoms with Gasteiger partial charge in [-0.3, -0.25) is 0 Å². The van der Waals surface area contributed by atoms with Gasteiger partial charge in [0.15, 0.2) is 0 Å². The first-order chi connectivity index (χ1) is 9.63. The average molecular weight is 353 g/mol. The highest BCUT2D eigenvalue weighted by Crippen LogP contribution is 2.24. The molecule has 0 aromatic heterocycles. The molecule has 120 valence electrons. The molecule has 0 spiro atoms. The molecule has 0 fully saturated rings. The molecule has 1 aromatic rings. The van der Waals surface area contributed by atoms with Crippen molar-refractivity contribution in [1.82, 2.24) is 4.31 Å². The Morgan fingerprint density at radius 1 is 1.24 bits per heavy atom. The van der Waals surface area contributed by atoms with Crippen LogP contribution < -0.4 is 5.73 Å². The third-order valence-electron chi connectivity index (χ3n) is 3.44. The molecule has 0 radical (unpaired) electrons. The van der Waals surface area contributed by atoms with Crippen LogP contribution in [0.25, 0.3) is 0 Å². The lowest BCUT2D eigenvalue weighted by molar-refractivity contribution is 0.397. The predicted molar refractivity (Wildman–Crippen MR) is 89.1 cm³/mol. The Morgan fingerprint density at radius 2 is 1.86 bits per heavy atom. The van der Waals surface area contributed by atoms with Gasteiger partial charge in [-0.15, -0.1) is 0 Å². The Kier molecular flexibility index (Phi) is 6.94. The summed E-state index contributed by atoms with van der Waals surface area (Å²) in [5.74, 6) is 0.230. The van der Waals surface area contributed by atoms with E-state index in [0.717, 1.165) is 0 Å². The fraction of sp³-hybridized carbons (Fsp3) is 0.571. The van der Waals surface area contributed by atoms with Crippen molar-refractivity contribution in [3.05, 3.63) is 33.8 Å². The van der Waals surface area contributed by atoms with Gasteiger partial charge in [-0.2, -0.15) is 0 Å². The summed E-state index contributed by atoms with van der Waals surface area (Å²) in [6.45, 7) is 4.45. The van der Waals surface area contributed by atoms with E-state index in [0.29, 0.717) is 34.5 Å². The highest BCUT2D eigenvalue weighted by Gasteiger charge is 2.20. The van der Waals surface area contributed by atoms with Crippen LogP contribution in [0.15, 0.2) is 18.2 Å². The molecule has 21 heavy (non-hydrogen) atoms. The van der Waals surface area contributed by atoms with E-state index in [2.05, 4.69) is 0 Å². The van der Waals surface area contributed by atoms with E-state index in [4.69, 9.17) is 28.9 Å². The molecule has 4 nitrogen and oxygen atoms in total. The standard InChI is InChI=1S/C14H22Cl2N2O2S/c1-10(2)14(17)6-7-18(3)21(19,20)9-11-4-5-12(15)13(16)8-11/h4-5,8,10,14H,6-7,9,17H2,1-3H3. The summed E-state index contributed by atoms with van der Waals surface area (Å²) >= 11 is 11.7. The van der Waals surface area contributed by atoms with Gasteiger partial charge in [0.1, 0.15) is 0 Å². The van der Waals surface area contributed by atoms with Gasteiger partial charge in [-0.05, 0) is 30.0 Å². The van der Waals surface area contributed by atoms with Gasteiger partial charge in [-0.1, -0.05) is 43.1 Å². The molecule has 0 heterocycles. The fourth-order valence-electron chi connectivity index (χ4n) is 1.75. The van der Waals surface area contributed by atoms with E-state index in [1.54, 1.807) is 25.2 Å². The summed E-state index contributed by atoms with van der Waals surface area (Å²) in [5, 5.41) is 0.767. The molecule has 0 saturated carbocycles. The zero-order valence-corrected chi connectivity index (χ0v) is 14.8. The number of nitrogens with two attached hydrogens (primary N) is 1. The van der Waals surface area contributed by atoms with Crippen molar-refractivity contribution in [2.24, 2.45) is 11.7 Å². The largest absolute Gasteiger partial charge is 0.327 e. The maximum absolute atomic E-state index is 12.3. The lowest BCUT2D eigenvalue weighted by atomic mass is 10.0. The Morgan fingerprint density at radius 3 is 2.38 bits per heavy atom. The second kappa shape index (κ2) is 7.79. The molecule has 1 atom stereocenters. The molecule has 0 saturated heterocycles. The Labute approximate surface area is 137 Å². The maximum atomic E-state index is 12.3. The Bertz CT molecular complexity index is 576. The normalized spacial score (nSPS) is 13.9. The summed E-state index contributed by atoms with van der Waals surface area (Å²) in [7, 11) is -1.82. The van der Waals surface area contributed by atoms with Gasteiger partial charge >= 0.3 is 0 Å². The van der Waals surface area contributed by atoms with Crippen LogP contribution in [0.2, 0.25) is 10.0 Å². The molecular weight excluding hydrogens is 331 g/mol. The minimum Gasteiger partial charge on any atom is -0.327 e. The van der Waals surface area contributed by atoms with E-state index >= 15 is 0 Å². The van der Waals surface area contributed by atoms with E-state index in [1.165, 1.54) is 4.31 Å². The van der Waals surface area contributed by atoms with Gasteiger partial charge < -0.3 is 5.73 Å². The molecule has 1 rings (SSSR count). The minimum atomic E-state index is -3.39. The number of benzene rings is 1. The van der Waals surface area contributed by atoms with Crippen LogP contribution in [0.1, 0.15) is 25.8 Å². The lowest BCUT2D eigenvalue weighted by Gasteiger charge is -2.21. The summed E-state index contributed by atoms with van der Waals surface area (Å²) in [5.41, 5.74) is 6.56. The Hall–Kier alpha value is -0.330. The number of halogens is 2.